The second-order valence-electron chi connectivity index (χ2n) is 4.89. The molecule has 7 nitrogen and oxygen atoms in total. The number of fused-ring (bicyclic) bond motifs is 1. The van der Waals surface area contributed by atoms with Crippen LogP contribution in [0.1, 0.15) is 27.9 Å². The lowest BCUT2D eigenvalue weighted by molar-refractivity contribution is 0.0915. The van der Waals surface area contributed by atoms with Crippen LogP contribution in [0.15, 0.2) is 37.9 Å². The zero-order valence-electron chi connectivity index (χ0n) is 12.0. The molecule has 3 aromatic rings. The molecule has 112 valence electrons. The second-order valence-corrected chi connectivity index (χ2v) is 4.89. The Morgan fingerprint density at radius 2 is 2.00 bits per heavy atom. The van der Waals surface area contributed by atoms with Gasteiger partial charge in [0, 0.05) is 6.92 Å². The zero-order chi connectivity index (χ0) is 15.7. The van der Waals surface area contributed by atoms with Crippen LogP contribution in [0.5, 0.6) is 0 Å². The SMILES string of the molecule is Cc1ccc2cc(C(=O)NCc3nnc(C)o3)oc(=O)c2c1. The van der Waals surface area contributed by atoms with Crippen LogP contribution in [0.4, 0.5) is 0 Å². The predicted octanol–water partition coefficient (Wildman–Crippen LogP) is 1.72. The summed E-state index contributed by atoms with van der Waals surface area (Å²) in [6, 6.07) is 6.90. The maximum absolute atomic E-state index is 12.1. The molecule has 0 unspecified atom stereocenters. The number of aromatic nitrogens is 2. The van der Waals surface area contributed by atoms with Crippen molar-refractivity contribution in [3.8, 4) is 0 Å². The van der Waals surface area contributed by atoms with Crippen LogP contribution >= 0.6 is 0 Å². The number of aryl methyl sites for hydroxylation is 2. The smallest absolute Gasteiger partial charge is 0.344 e. The largest absolute Gasteiger partial charge is 0.424 e. The summed E-state index contributed by atoms with van der Waals surface area (Å²) in [5.74, 6) is 0.120. The minimum absolute atomic E-state index is 0.0578. The number of carbonyl (C=O) groups is 1. The quantitative estimate of drug-likeness (QED) is 0.790. The van der Waals surface area contributed by atoms with Crippen molar-refractivity contribution in [1.29, 1.82) is 0 Å². The number of nitrogens with one attached hydrogen (secondary N) is 1. The molecule has 0 saturated heterocycles. The van der Waals surface area contributed by atoms with Crippen molar-refractivity contribution in [2.24, 2.45) is 0 Å². The van der Waals surface area contributed by atoms with Gasteiger partial charge in [-0.15, -0.1) is 10.2 Å². The van der Waals surface area contributed by atoms with Gasteiger partial charge in [-0.3, -0.25) is 4.79 Å². The molecule has 0 aliphatic carbocycles. The van der Waals surface area contributed by atoms with Crippen molar-refractivity contribution in [3.63, 3.8) is 0 Å². The molecule has 2 aromatic heterocycles. The Balaban J connectivity index is 1.85. The normalized spacial score (nSPS) is 10.8. The molecule has 0 bridgehead atoms. The van der Waals surface area contributed by atoms with E-state index in [2.05, 4.69) is 15.5 Å². The highest BCUT2D eigenvalue weighted by Crippen LogP contribution is 2.14. The minimum Gasteiger partial charge on any atom is -0.424 e. The van der Waals surface area contributed by atoms with Crippen LogP contribution < -0.4 is 10.9 Å². The Morgan fingerprint density at radius 3 is 2.73 bits per heavy atom. The number of amides is 1. The Labute approximate surface area is 125 Å². The highest BCUT2D eigenvalue weighted by atomic mass is 16.4. The Morgan fingerprint density at radius 1 is 1.18 bits per heavy atom. The Bertz CT molecular complexity index is 911. The first kappa shape index (κ1) is 14.0. The van der Waals surface area contributed by atoms with Crippen molar-refractivity contribution in [2.45, 2.75) is 20.4 Å². The standard InChI is InChI=1S/C15H13N3O4/c1-8-3-4-10-6-12(22-15(20)11(10)5-8)14(19)16-7-13-18-17-9(2)21-13/h3-6H,7H2,1-2H3,(H,16,19). The van der Waals surface area contributed by atoms with Crippen LogP contribution in [0.2, 0.25) is 0 Å². The molecule has 0 saturated carbocycles. The molecule has 1 aromatic carbocycles. The van der Waals surface area contributed by atoms with E-state index in [1.54, 1.807) is 19.1 Å². The Kier molecular flexibility index (Phi) is 3.46. The second kappa shape index (κ2) is 5.44. The molecule has 0 spiro atoms. The molecular formula is C15H13N3O4. The molecule has 0 radical (unpaired) electrons. The van der Waals surface area contributed by atoms with Crippen molar-refractivity contribution < 1.29 is 13.6 Å². The van der Waals surface area contributed by atoms with Gasteiger partial charge in [0.05, 0.1) is 11.9 Å². The fraction of sp³-hybridized carbons (Fsp3) is 0.200. The van der Waals surface area contributed by atoms with E-state index in [9.17, 15) is 9.59 Å². The summed E-state index contributed by atoms with van der Waals surface area (Å²) in [4.78, 5) is 24.0. The first-order chi connectivity index (χ1) is 10.5. The van der Waals surface area contributed by atoms with Gasteiger partial charge >= 0.3 is 5.63 Å². The van der Waals surface area contributed by atoms with E-state index < -0.39 is 11.5 Å². The van der Waals surface area contributed by atoms with E-state index in [4.69, 9.17) is 8.83 Å². The first-order valence-corrected chi connectivity index (χ1v) is 6.64. The summed E-state index contributed by atoms with van der Waals surface area (Å²) < 4.78 is 10.2. The van der Waals surface area contributed by atoms with Gasteiger partial charge in [0.1, 0.15) is 0 Å². The van der Waals surface area contributed by atoms with Gasteiger partial charge < -0.3 is 14.2 Å². The molecule has 22 heavy (non-hydrogen) atoms. The summed E-state index contributed by atoms with van der Waals surface area (Å²) >= 11 is 0. The molecular weight excluding hydrogens is 286 g/mol. The third-order valence-corrected chi connectivity index (χ3v) is 3.11. The lowest BCUT2D eigenvalue weighted by Gasteiger charge is -2.03. The average molecular weight is 299 g/mol. The predicted molar refractivity (Wildman–Crippen MR) is 77.4 cm³/mol. The topological polar surface area (TPSA) is 98.2 Å². The molecule has 1 N–H and O–H groups in total. The van der Waals surface area contributed by atoms with E-state index in [0.29, 0.717) is 16.7 Å². The monoisotopic (exact) mass is 299 g/mol. The van der Waals surface area contributed by atoms with Gasteiger partial charge in [-0.25, -0.2) is 4.79 Å². The molecule has 2 heterocycles. The lowest BCUT2D eigenvalue weighted by atomic mass is 10.1. The van der Waals surface area contributed by atoms with Crippen LogP contribution in [0.3, 0.4) is 0 Å². The van der Waals surface area contributed by atoms with Crippen molar-refractivity contribution in [3.05, 3.63) is 57.8 Å². The fourth-order valence-corrected chi connectivity index (χ4v) is 2.06. The van der Waals surface area contributed by atoms with Crippen LogP contribution in [0, 0.1) is 13.8 Å². The number of rotatable bonds is 3. The highest BCUT2D eigenvalue weighted by Gasteiger charge is 2.13. The van der Waals surface area contributed by atoms with E-state index in [-0.39, 0.29) is 18.2 Å². The maximum Gasteiger partial charge on any atom is 0.344 e. The number of benzene rings is 1. The van der Waals surface area contributed by atoms with Gasteiger partial charge in [0.15, 0.2) is 5.76 Å². The number of carbonyl (C=O) groups excluding carboxylic acids is 1. The van der Waals surface area contributed by atoms with Crippen LogP contribution in [-0.4, -0.2) is 16.1 Å². The maximum atomic E-state index is 12.1. The molecule has 0 aliphatic rings. The molecule has 1 amide bonds. The summed E-state index contributed by atoms with van der Waals surface area (Å²) in [7, 11) is 0. The zero-order valence-corrected chi connectivity index (χ0v) is 12.0. The van der Waals surface area contributed by atoms with E-state index in [1.165, 1.54) is 6.07 Å². The third kappa shape index (κ3) is 2.73. The highest BCUT2D eigenvalue weighted by molar-refractivity contribution is 5.95. The fourth-order valence-electron chi connectivity index (χ4n) is 2.06. The average Bonchev–Trinajstić information content (AvgIpc) is 2.91. The van der Waals surface area contributed by atoms with Gasteiger partial charge in [-0.05, 0) is 24.4 Å². The van der Waals surface area contributed by atoms with Crippen molar-refractivity contribution >= 4 is 16.7 Å². The van der Waals surface area contributed by atoms with Crippen molar-refractivity contribution in [2.75, 3.05) is 0 Å². The Hall–Kier alpha value is -2.96. The summed E-state index contributed by atoms with van der Waals surface area (Å²) in [6.45, 7) is 3.60. The number of hydrogen-bond donors (Lipinski definition) is 1. The molecule has 0 atom stereocenters. The van der Waals surface area contributed by atoms with Gasteiger partial charge in [0.25, 0.3) is 5.91 Å². The van der Waals surface area contributed by atoms with Crippen LogP contribution in [-0.2, 0) is 6.54 Å². The summed E-state index contributed by atoms with van der Waals surface area (Å²) in [5, 5.41) is 11.1. The molecule has 0 fully saturated rings. The van der Waals surface area contributed by atoms with Gasteiger partial charge in [-0.2, -0.15) is 0 Å². The minimum atomic E-state index is -0.542. The number of hydrogen-bond acceptors (Lipinski definition) is 6. The van der Waals surface area contributed by atoms with Crippen molar-refractivity contribution in [1.82, 2.24) is 15.5 Å². The molecule has 7 heteroatoms. The van der Waals surface area contributed by atoms with Gasteiger partial charge in [0.2, 0.25) is 11.8 Å². The first-order valence-electron chi connectivity index (χ1n) is 6.64. The third-order valence-electron chi connectivity index (χ3n) is 3.11. The van der Waals surface area contributed by atoms with Gasteiger partial charge in [-0.1, -0.05) is 17.7 Å². The summed E-state index contributed by atoms with van der Waals surface area (Å²) in [5.41, 5.74) is 0.406. The van der Waals surface area contributed by atoms with E-state index in [0.717, 1.165) is 5.56 Å². The lowest BCUT2D eigenvalue weighted by Crippen LogP contribution is -2.24. The van der Waals surface area contributed by atoms with E-state index in [1.807, 2.05) is 13.0 Å². The van der Waals surface area contributed by atoms with Crippen LogP contribution in [0.25, 0.3) is 10.8 Å². The molecule has 3 rings (SSSR count). The van der Waals surface area contributed by atoms with E-state index >= 15 is 0 Å². The molecule has 0 aliphatic heterocycles. The summed E-state index contributed by atoms with van der Waals surface area (Å²) in [6.07, 6.45) is 0. The number of nitrogens with zero attached hydrogens (tertiary/aromatic N) is 2.